The highest BCUT2D eigenvalue weighted by molar-refractivity contribution is 8.29. The first-order valence-electron chi connectivity index (χ1n) is 9.46. The highest BCUT2D eigenvalue weighted by Crippen LogP contribution is 2.60. The van der Waals surface area contributed by atoms with Crippen LogP contribution in [0.15, 0.2) is 70.3 Å². The van der Waals surface area contributed by atoms with Gasteiger partial charge in [-0.2, -0.15) is 5.10 Å². The molecule has 2 aromatic rings. The minimum absolute atomic E-state index is 0.168. The first kappa shape index (κ1) is 21.9. The Morgan fingerprint density at radius 1 is 1.09 bits per heavy atom. The summed E-state index contributed by atoms with van der Waals surface area (Å²) < 4.78 is 3.76. The third-order valence-electron chi connectivity index (χ3n) is 4.86. The van der Waals surface area contributed by atoms with Gasteiger partial charge >= 0.3 is 5.97 Å². The molecular weight excluding hydrogens is 452 g/mol. The Hall–Kier alpha value is -3.31. The molecule has 1 spiro atoms. The maximum absolute atomic E-state index is 12.6. The number of hydrogen-bond acceptors (Lipinski definition) is 10. The number of nitro groups is 1. The smallest absolute Gasteiger partial charge is 0.346 e. The lowest BCUT2D eigenvalue weighted by Crippen LogP contribution is -2.49. The normalized spacial score (nSPS) is 20.0. The molecule has 0 saturated carbocycles. The minimum atomic E-state index is -1.22. The number of ketones is 1. The number of nitrogens with zero attached hydrogens (tertiary/aromatic N) is 4. The predicted molar refractivity (Wildman–Crippen MR) is 125 cm³/mol. The summed E-state index contributed by atoms with van der Waals surface area (Å²) in [5, 5.41) is 17.9. The van der Waals surface area contributed by atoms with Crippen molar-refractivity contribution in [2.75, 3.05) is 17.0 Å². The fraction of sp³-hybridized carbons (Fsp3) is 0.190. The number of esters is 1. The lowest BCUT2D eigenvalue weighted by atomic mass is 10.2. The minimum Gasteiger partial charge on any atom is -0.465 e. The Morgan fingerprint density at radius 2 is 1.75 bits per heavy atom. The summed E-state index contributed by atoms with van der Waals surface area (Å²) in [4.78, 5) is 38.4. The fourth-order valence-electron chi connectivity index (χ4n) is 3.48. The van der Waals surface area contributed by atoms with Gasteiger partial charge in [0.05, 0.1) is 12.0 Å². The van der Waals surface area contributed by atoms with Crippen LogP contribution >= 0.6 is 23.5 Å². The lowest BCUT2D eigenvalue weighted by Gasteiger charge is -2.41. The summed E-state index contributed by atoms with van der Waals surface area (Å²) in [6, 6.07) is 15.4. The zero-order valence-electron chi connectivity index (χ0n) is 17.3. The average molecular weight is 471 g/mol. The van der Waals surface area contributed by atoms with E-state index in [1.165, 1.54) is 25.1 Å². The zero-order chi connectivity index (χ0) is 23.0. The SMILES string of the molecule is COC(=O)C1=C(C)N(c2ccccc2)[C@]2(SC(C(C)=O)=NN2c2ccccc2[N+](=O)[O-])S1. The molecule has 32 heavy (non-hydrogen) atoms. The summed E-state index contributed by atoms with van der Waals surface area (Å²) in [6.45, 7) is 3.15. The zero-order valence-corrected chi connectivity index (χ0v) is 19.0. The van der Waals surface area contributed by atoms with E-state index in [0.29, 0.717) is 10.6 Å². The molecule has 0 radical (unpaired) electrons. The van der Waals surface area contributed by atoms with Crippen LogP contribution in [0, 0.1) is 10.1 Å². The van der Waals surface area contributed by atoms with Crippen molar-refractivity contribution >= 4 is 57.4 Å². The van der Waals surface area contributed by atoms with Crippen LogP contribution in [0.4, 0.5) is 17.1 Å². The molecule has 2 heterocycles. The number of benzene rings is 2. The second-order valence-electron chi connectivity index (χ2n) is 6.85. The molecule has 2 aromatic carbocycles. The number of rotatable bonds is 5. The molecule has 164 valence electrons. The van der Waals surface area contributed by atoms with Gasteiger partial charge in [0.25, 0.3) is 5.69 Å². The van der Waals surface area contributed by atoms with E-state index in [4.69, 9.17) is 4.74 Å². The van der Waals surface area contributed by atoms with Crippen LogP contribution in [0.3, 0.4) is 0 Å². The lowest BCUT2D eigenvalue weighted by molar-refractivity contribution is -0.384. The van der Waals surface area contributed by atoms with Crippen molar-refractivity contribution in [2.24, 2.45) is 5.10 Å². The predicted octanol–water partition coefficient (Wildman–Crippen LogP) is 4.32. The Balaban J connectivity index is 1.97. The van der Waals surface area contributed by atoms with E-state index < -0.39 is 15.2 Å². The molecule has 11 heteroatoms. The number of para-hydroxylation sites is 3. The molecule has 2 aliphatic rings. The summed E-state index contributed by atoms with van der Waals surface area (Å²) >= 11 is 2.27. The summed E-state index contributed by atoms with van der Waals surface area (Å²) in [6.07, 6.45) is 0. The second-order valence-corrected chi connectivity index (χ2v) is 9.45. The van der Waals surface area contributed by atoms with Gasteiger partial charge in [0.15, 0.2) is 10.8 Å². The van der Waals surface area contributed by atoms with Crippen LogP contribution in [-0.2, 0) is 14.3 Å². The van der Waals surface area contributed by atoms with Gasteiger partial charge in [0.2, 0.25) is 4.33 Å². The molecule has 0 bridgehead atoms. The molecule has 0 aromatic heterocycles. The van der Waals surface area contributed by atoms with Gasteiger partial charge in [0.1, 0.15) is 10.6 Å². The van der Waals surface area contributed by atoms with E-state index in [9.17, 15) is 19.7 Å². The monoisotopic (exact) mass is 470 g/mol. The number of thioether (sulfide) groups is 2. The maximum Gasteiger partial charge on any atom is 0.346 e. The van der Waals surface area contributed by atoms with Crippen LogP contribution in [0.5, 0.6) is 0 Å². The van der Waals surface area contributed by atoms with Crippen molar-refractivity contribution in [3.05, 3.63) is 75.3 Å². The second kappa shape index (κ2) is 8.32. The van der Waals surface area contributed by atoms with Crippen LogP contribution in [0.2, 0.25) is 0 Å². The van der Waals surface area contributed by atoms with Crippen LogP contribution < -0.4 is 9.91 Å². The van der Waals surface area contributed by atoms with E-state index in [-0.39, 0.29) is 22.2 Å². The summed E-state index contributed by atoms with van der Waals surface area (Å²) in [7, 11) is 1.29. The number of nitro benzene ring substituents is 1. The van der Waals surface area contributed by atoms with Crippen LogP contribution in [-0.4, -0.2) is 33.2 Å². The number of hydrogen-bond donors (Lipinski definition) is 0. The van der Waals surface area contributed by atoms with Gasteiger partial charge in [0, 0.05) is 24.4 Å². The fourth-order valence-corrected chi connectivity index (χ4v) is 6.44. The average Bonchev–Trinajstić information content (AvgIpc) is 3.31. The molecule has 0 saturated heterocycles. The first-order valence-corrected chi connectivity index (χ1v) is 11.1. The van der Waals surface area contributed by atoms with Gasteiger partial charge in [-0.05, 0) is 36.9 Å². The molecule has 0 unspecified atom stereocenters. The molecule has 4 rings (SSSR count). The van der Waals surface area contributed by atoms with E-state index in [1.54, 1.807) is 25.1 Å². The Morgan fingerprint density at radius 3 is 2.38 bits per heavy atom. The van der Waals surface area contributed by atoms with E-state index in [1.807, 2.05) is 35.2 Å². The summed E-state index contributed by atoms with van der Waals surface area (Å²) in [5.41, 5.74) is 1.35. The number of carbonyl (C=O) groups is 2. The van der Waals surface area contributed by atoms with Gasteiger partial charge in [-0.3, -0.25) is 14.9 Å². The molecule has 0 aliphatic carbocycles. The van der Waals surface area contributed by atoms with E-state index >= 15 is 0 Å². The number of allylic oxidation sites excluding steroid dienone is 1. The molecule has 1 atom stereocenters. The van der Waals surface area contributed by atoms with Gasteiger partial charge in [-0.25, -0.2) is 9.80 Å². The standard InChI is InChI=1S/C21H18N4O5S2/c1-13-18(20(27)30-3)31-21(23(13)15-9-5-4-6-10-15)24(22-19(32-21)14(2)26)16-11-7-8-12-17(16)25(28)29/h4-12H,1-3H3/t21-/m1/s1. The number of hydrazone groups is 1. The number of ether oxygens (including phenoxy) is 1. The van der Waals surface area contributed by atoms with E-state index in [0.717, 1.165) is 29.2 Å². The first-order chi connectivity index (χ1) is 15.3. The Kier molecular flexibility index (Phi) is 5.70. The number of carbonyl (C=O) groups excluding carboxylic acids is 2. The molecule has 0 amide bonds. The van der Waals surface area contributed by atoms with Crippen molar-refractivity contribution in [3.63, 3.8) is 0 Å². The highest BCUT2D eigenvalue weighted by Gasteiger charge is 2.58. The number of methoxy groups -OCH3 is 1. The molecular formula is C21H18N4O5S2. The molecule has 0 N–H and O–H groups in total. The Bertz CT molecular complexity index is 1180. The number of anilines is 2. The molecule has 0 fully saturated rings. The maximum atomic E-state index is 12.6. The molecule has 9 nitrogen and oxygen atoms in total. The van der Waals surface area contributed by atoms with Crippen molar-refractivity contribution in [2.45, 2.75) is 18.2 Å². The largest absolute Gasteiger partial charge is 0.465 e. The Labute approximate surface area is 192 Å². The topological polar surface area (TPSA) is 105 Å². The van der Waals surface area contributed by atoms with Crippen molar-refractivity contribution in [1.29, 1.82) is 0 Å². The highest BCUT2D eigenvalue weighted by atomic mass is 32.2. The van der Waals surface area contributed by atoms with Crippen molar-refractivity contribution < 1.29 is 19.2 Å². The van der Waals surface area contributed by atoms with Crippen LogP contribution in [0.1, 0.15) is 13.8 Å². The third kappa shape index (κ3) is 3.43. The molecule has 2 aliphatic heterocycles. The van der Waals surface area contributed by atoms with E-state index in [2.05, 4.69) is 5.10 Å². The number of Topliss-reactive ketones (excluding diaryl/α,β-unsaturated/α-hetero) is 1. The van der Waals surface area contributed by atoms with Gasteiger partial charge in [-0.15, -0.1) is 0 Å². The third-order valence-corrected chi connectivity index (χ3v) is 7.83. The summed E-state index contributed by atoms with van der Waals surface area (Å²) in [5.74, 6) is -0.821. The van der Waals surface area contributed by atoms with Crippen molar-refractivity contribution in [3.8, 4) is 0 Å². The van der Waals surface area contributed by atoms with Crippen molar-refractivity contribution in [1.82, 2.24) is 0 Å². The quantitative estimate of drug-likeness (QED) is 0.359. The van der Waals surface area contributed by atoms with Gasteiger partial charge < -0.3 is 9.64 Å². The van der Waals surface area contributed by atoms with Crippen LogP contribution in [0.25, 0.3) is 0 Å². The van der Waals surface area contributed by atoms with Gasteiger partial charge in [-0.1, -0.05) is 42.1 Å².